The van der Waals surface area contributed by atoms with Gasteiger partial charge in [0.25, 0.3) is 0 Å². The molecule has 1 saturated carbocycles. The average Bonchev–Trinajstić information content (AvgIpc) is 3.21. The van der Waals surface area contributed by atoms with Crippen molar-refractivity contribution in [3.63, 3.8) is 0 Å². The zero-order valence-corrected chi connectivity index (χ0v) is 12.2. The van der Waals surface area contributed by atoms with Crippen LogP contribution < -0.4 is 5.32 Å². The maximum absolute atomic E-state index is 4.88. The summed E-state index contributed by atoms with van der Waals surface area (Å²) in [5.41, 5.74) is 2.78. The van der Waals surface area contributed by atoms with E-state index in [9.17, 15) is 0 Å². The van der Waals surface area contributed by atoms with Gasteiger partial charge in [-0.3, -0.25) is 0 Å². The van der Waals surface area contributed by atoms with Crippen LogP contribution in [0.2, 0.25) is 0 Å². The molecule has 1 aliphatic rings. The number of hydrogen-bond acceptors (Lipinski definition) is 3. The van der Waals surface area contributed by atoms with Crippen LogP contribution in [0.3, 0.4) is 0 Å². The Morgan fingerprint density at radius 2 is 2.00 bits per heavy atom. The molecule has 1 aliphatic carbocycles. The first-order valence-electron chi connectivity index (χ1n) is 7.04. The molecule has 3 heteroatoms. The topological polar surface area (TPSA) is 24.9 Å². The van der Waals surface area contributed by atoms with E-state index in [2.05, 4.69) is 35.6 Å². The molecule has 0 saturated heterocycles. The Kier molecular flexibility index (Phi) is 3.95. The zero-order valence-electron chi connectivity index (χ0n) is 11.4. The summed E-state index contributed by atoms with van der Waals surface area (Å²) in [5, 5.41) is 4.57. The van der Waals surface area contributed by atoms with Crippen molar-refractivity contribution >= 4 is 11.3 Å². The summed E-state index contributed by atoms with van der Waals surface area (Å²) in [6, 6.07) is 10.7. The highest BCUT2D eigenvalue weighted by Gasteiger charge is 2.29. The van der Waals surface area contributed by atoms with Crippen molar-refractivity contribution in [1.82, 2.24) is 10.3 Å². The molecule has 0 unspecified atom stereocenters. The molecular formula is C16H20N2S. The molecule has 0 bridgehead atoms. The second-order valence-corrected chi connectivity index (χ2v) is 6.37. The molecule has 1 heterocycles. The molecule has 1 N–H and O–H groups in total. The van der Waals surface area contributed by atoms with Crippen LogP contribution in [0.5, 0.6) is 0 Å². The van der Waals surface area contributed by atoms with E-state index < -0.39 is 0 Å². The van der Waals surface area contributed by atoms with E-state index in [1.165, 1.54) is 34.0 Å². The summed E-state index contributed by atoms with van der Waals surface area (Å²) in [6.07, 6.45) is 4.83. The van der Waals surface area contributed by atoms with Gasteiger partial charge in [0.15, 0.2) is 0 Å². The Morgan fingerprint density at radius 1 is 1.21 bits per heavy atom. The molecule has 0 radical (unpaired) electrons. The third-order valence-corrected chi connectivity index (χ3v) is 4.67. The molecule has 19 heavy (non-hydrogen) atoms. The second kappa shape index (κ2) is 5.85. The highest BCUT2D eigenvalue weighted by Crippen LogP contribution is 2.42. The Hall–Kier alpha value is -1.19. The maximum Gasteiger partial charge on any atom is 0.0935 e. The summed E-state index contributed by atoms with van der Waals surface area (Å²) in [7, 11) is 2.01. The zero-order chi connectivity index (χ0) is 13.1. The van der Waals surface area contributed by atoms with Crippen molar-refractivity contribution in [2.24, 2.45) is 0 Å². The van der Waals surface area contributed by atoms with E-state index in [-0.39, 0.29) is 0 Å². The summed E-state index contributed by atoms with van der Waals surface area (Å²) in [6.45, 7) is 0.967. The SMILES string of the molecule is CNCc1sc(CCc2ccccc2)nc1C1CC1. The molecule has 2 aromatic rings. The molecule has 1 aromatic heterocycles. The fourth-order valence-corrected chi connectivity index (χ4v) is 3.55. The molecule has 3 rings (SSSR count). The van der Waals surface area contributed by atoms with Crippen molar-refractivity contribution < 1.29 is 0 Å². The Labute approximate surface area is 118 Å². The summed E-state index contributed by atoms with van der Waals surface area (Å²) >= 11 is 1.90. The molecule has 1 fully saturated rings. The van der Waals surface area contributed by atoms with E-state index in [0.29, 0.717) is 0 Å². The normalized spacial score (nSPS) is 14.8. The third kappa shape index (κ3) is 3.23. The smallest absolute Gasteiger partial charge is 0.0935 e. The van der Waals surface area contributed by atoms with Gasteiger partial charge in [-0.05, 0) is 31.9 Å². The van der Waals surface area contributed by atoms with Gasteiger partial charge in [-0.1, -0.05) is 30.3 Å². The first kappa shape index (κ1) is 12.8. The number of hydrogen-bond donors (Lipinski definition) is 1. The first-order chi connectivity index (χ1) is 9.36. The summed E-state index contributed by atoms with van der Waals surface area (Å²) < 4.78 is 0. The number of aryl methyl sites for hydroxylation is 2. The minimum absolute atomic E-state index is 0.755. The molecule has 100 valence electrons. The van der Waals surface area contributed by atoms with Crippen LogP contribution in [0, 0.1) is 0 Å². The van der Waals surface area contributed by atoms with Crippen LogP contribution in [0.25, 0.3) is 0 Å². The Balaban J connectivity index is 1.69. The monoisotopic (exact) mass is 272 g/mol. The van der Waals surface area contributed by atoms with Crippen molar-refractivity contribution in [3.8, 4) is 0 Å². The predicted molar refractivity (Wildman–Crippen MR) is 80.7 cm³/mol. The van der Waals surface area contributed by atoms with Gasteiger partial charge in [0, 0.05) is 23.8 Å². The van der Waals surface area contributed by atoms with Gasteiger partial charge in [-0.25, -0.2) is 4.98 Å². The summed E-state index contributed by atoms with van der Waals surface area (Å²) in [5.74, 6) is 0.755. The van der Waals surface area contributed by atoms with Crippen molar-refractivity contribution in [1.29, 1.82) is 0 Å². The number of rotatable bonds is 6. The van der Waals surface area contributed by atoms with Crippen LogP contribution in [0.1, 0.15) is 39.9 Å². The minimum atomic E-state index is 0.755. The van der Waals surface area contributed by atoms with Crippen LogP contribution in [-0.4, -0.2) is 12.0 Å². The third-order valence-electron chi connectivity index (χ3n) is 3.54. The highest BCUT2D eigenvalue weighted by molar-refractivity contribution is 7.11. The van der Waals surface area contributed by atoms with Gasteiger partial charge < -0.3 is 5.32 Å². The lowest BCUT2D eigenvalue weighted by molar-refractivity contribution is 0.810. The average molecular weight is 272 g/mol. The molecule has 0 atom stereocenters. The lowest BCUT2D eigenvalue weighted by Gasteiger charge is -1.97. The standard InChI is InChI=1S/C16H20N2S/c1-17-11-14-16(13-8-9-13)18-15(19-14)10-7-12-5-3-2-4-6-12/h2-6,13,17H,7-11H2,1H3. The maximum atomic E-state index is 4.88. The van der Waals surface area contributed by atoms with Crippen molar-refractivity contribution in [2.75, 3.05) is 7.05 Å². The molecular weight excluding hydrogens is 252 g/mol. The van der Waals surface area contributed by atoms with E-state index >= 15 is 0 Å². The van der Waals surface area contributed by atoms with Crippen LogP contribution in [0.15, 0.2) is 30.3 Å². The van der Waals surface area contributed by atoms with Gasteiger partial charge in [-0.15, -0.1) is 11.3 Å². The number of thiazole rings is 1. The van der Waals surface area contributed by atoms with E-state index in [0.717, 1.165) is 25.3 Å². The first-order valence-corrected chi connectivity index (χ1v) is 7.85. The number of nitrogens with zero attached hydrogens (tertiary/aromatic N) is 1. The van der Waals surface area contributed by atoms with Gasteiger partial charge in [0.2, 0.25) is 0 Å². The molecule has 1 aromatic carbocycles. The largest absolute Gasteiger partial charge is 0.315 e. The highest BCUT2D eigenvalue weighted by atomic mass is 32.1. The van der Waals surface area contributed by atoms with Crippen LogP contribution in [-0.2, 0) is 19.4 Å². The van der Waals surface area contributed by atoms with E-state index in [1.54, 1.807) is 0 Å². The molecule has 2 nitrogen and oxygen atoms in total. The Bertz CT molecular complexity index is 529. The van der Waals surface area contributed by atoms with Gasteiger partial charge in [0.1, 0.15) is 0 Å². The summed E-state index contributed by atoms with van der Waals surface area (Å²) in [4.78, 5) is 6.34. The second-order valence-electron chi connectivity index (χ2n) is 5.21. The molecule has 0 spiro atoms. The van der Waals surface area contributed by atoms with Gasteiger partial charge in [0.05, 0.1) is 10.7 Å². The predicted octanol–water partition coefficient (Wildman–Crippen LogP) is 3.53. The molecule has 0 amide bonds. The van der Waals surface area contributed by atoms with Crippen molar-refractivity contribution in [2.45, 2.75) is 38.1 Å². The van der Waals surface area contributed by atoms with Crippen molar-refractivity contribution in [3.05, 3.63) is 51.5 Å². The minimum Gasteiger partial charge on any atom is -0.315 e. The van der Waals surface area contributed by atoms with E-state index in [4.69, 9.17) is 4.98 Å². The Morgan fingerprint density at radius 3 is 2.68 bits per heavy atom. The quantitative estimate of drug-likeness (QED) is 0.870. The fraction of sp³-hybridized carbons (Fsp3) is 0.438. The number of nitrogens with one attached hydrogen (secondary N) is 1. The van der Waals surface area contributed by atoms with E-state index in [1.807, 2.05) is 18.4 Å². The van der Waals surface area contributed by atoms with Gasteiger partial charge in [-0.2, -0.15) is 0 Å². The van der Waals surface area contributed by atoms with Crippen LogP contribution in [0.4, 0.5) is 0 Å². The lowest BCUT2D eigenvalue weighted by Crippen LogP contribution is -2.05. The number of benzene rings is 1. The fourth-order valence-electron chi connectivity index (χ4n) is 2.38. The lowest BCUT2D eigenvalue weighted by atomic mass is 10.1. The van der Waals surface area contributed by atoms with Crippen LogP contribution >= 0.6 is 11.3 Å². The van der Waals surface area contributed by atoms with Gasteiger partial charge >= 0.3 is 0 Å². The molecule has 0 aliphatic heterocycles. The number of aromatic nitrogens is 1.